The number of halogens is 1. The van der Waals surface area contributed by atoms with E-state index in [1.807, 2.05) is 74.5 Å². The predicted molar refractivity (Wildman–Crippen MR) is 123 cm³/mol. The van der Waals surface area contributed by atoms with Gasteiger partial charge >= 0.3 is 0 Å². The lowest BCUT2D eigenvalue weighted by atomic mass is 10.2. The third kappa shape index (κ3) is 5.08. The van der Waals surface area contributed by atoms with E-state index < -0.39 is 0 Å². The van der Waals surface area contributed by atoms with Gasteiger partial charge in [-0.1, -0.05) is 54.1 Å². The number of amides is 1. The minimum absolute atomic E-state index is 0.00449. The molecule has 0 aliphatic carbocycles. The van der Waals surface area contributed by atoms with Gasteiger partial charge in [0.1, 0.15) is 11.5 Å². The second kappa shape index (κ2) is 9.83. The summed E-state index contributed by atoms with van der Waals surface area (Å²) in [7, 11) is 0. The largest absolute Gasteiger partial charge is 0.461 e. The summed E-state index contributed by atoms with van der Waals surface area (Å²) < 4.78 is 11.7. The second-order valence-corrected chi connectivity index (χ2v) is 8.14. The van der Waals surface area contributed by atoms with Gasteiger partial charge in [0.05, 0.1) is 17.1 Å². The number of aryl methyl sites for hydroxylation is 1. The van der Waals surface area contributed by atoms with Crippen LogP contribution in [0.25, 0.3) is 22.8 Å². The monoisotopic (exact) mass is 449 g/mol. The Kier molecular flexibility index (Phi) is 6.71. The lowest BCUT2D eigenvalue weighted by Crippen LogP contribution is -2.36. The average Bonchev–Trinajstić information content (AvgIpc) is 3.46. The number of rotatable bonds is 8. The van der Waals surface area contributed by atoms with E-state index in [4.69, 9.17) is 20.4 Å². The Morgan fingerprint density at radius 3 is 2.47 bits per heavy atom. The van der Waals surface area contributed by atoms with E-state index in [0.29, 0.717) is 35.2 Å². The molecule has 0 bridgehead atoms. The Hall–Kier alpha value is -3.38. The third-order valence-electron chi connectivity index (χ3n) is 5.13. The summed E-state index contributed by atoms with van der Waals surface area (Å²) in [6.07, 6.45) is 0.842. The summed E-state index contributed by atoms with van der Waals surface area (Å²) in [6, 6.07) is 21.0. The summed E-state index contributed by atoms with van der Waals surface area (Å²) >= 11 is 6.21. The Balaban J connectivity index is 1.40. The molecule has 0 saturated heterocycles. The molecule has 0 aliphatic heterocycles. The molecule has 2 aromatic carbocycles. The summed E-state index contributed by atoms with van der Waals surface area (Å²) in [5.74, 6) is 2.28. The lowest BCUT2D eigenvalue weighted by molar-refractivity contribution is -0.133. The van der Waals surface area contributed by atoms with Gasteiger partial charge in [0.2, 0.25) is 17.7 Å². The molecule has 0 N–H and O–H groups in total. The zero-order chi connectivity index (χ0) is 22.5. The maximum Gasteiger partial charge on any atom is 0.249 e. The Bertz CT molecular complexity index is 1180. The van der Waals surface area contributed by atoms with Crippen LogP contribution in [0.1, 0.15) is 31.9 Å². The zero-order valence-electron chi connectivity index (χ0n) is 18.0. The minimum atomic E-state index is -0.0188. The number of carbonyl (C=O) groups is 1. The smallest absolute Gasteiger partial charge is 0.249 e. The van der Waals surface area contributed by atoms with Crippen molar-refractivity contribution in [1.82, 2.24) is 15.1 Å². The molecule has 0 radical (unpaired) electrons. The van der Waals surface area contributed by atoms with Crippen LogP contribution in [0, 0.1) is 0 Å². The van der Waals surface area contributed by atoms with Crippen molar-refractivity contribution < 1.29 is 13.6 Å². The first-order chi connectivity index (χ1) is 15.5. The summed E-state index contributed by atoms with van der Waals surface area (Å²) in [6.45, 7) is 4.16. The van der Waals surface area contributed by atoms with E-state index in [1.54, 1.807) is 11.0 Å². The van der Waals surface area contributed by atoms with Gasteiger partial charge < -0.3 is 13.7 Å². The number of carbonyl (C=O) groups excluding carboxylic acids is 1. The van der Waals surface area contributed by atoms with Gasteiger partial charge in [-0.3, -0.25) is 4.79 Å². The van der Waals surface area contributed by atoms with Crippen LogP contribution in [0.4, 0.5) is 0 Å². The molecule has 2 heterocycles. The van der Waals surface area contributed by atoms with Crippen molar-refractivity contribution in [3.8, 4) is 22.8 Å². The molecule has 0 saturated carbocycles. The fourth-order valence-electron chi connectivity index (χ4n) is 3.41. The molecule has 0 unspecified atom stereocenters. The molecule has 4 rings (SSSR count). The van der Waals surface area contributed by atoms with Crippen LogP contribution in [-0.4, -0.2) is 27.0 Å². The number of hydrogen-bond acceptors (Lipinski definition) is 5. The molecule has 4 aromatic rings. The topological polar surface area (TPSA) is 72.4 Å². The molecule has 164 valence electrons. The van der Waals surface area contributed by atoms with Crippen molar-refractivity contribution in [3.63, 3.8) is 0 Å². The van der Waals surface area contributed by atoms with Gasteiger partial charge in [0.25, 0.3) is 0 Å². The first-order valence-electron chi connectivity index (χ1n) is 10.5. The van der Waals surface area contributed by atoms with E-state index in [2.05, 4.69) is 10.2 Å². The summed E-state index contributed by atoms with van der Waals surface area (Å²) in [4.78, 5) is 14.7. The van der Waals surface area contributed by atoms with Crippen molar-refractivity contribution in [1.29, 1.82) is 0 Å². The standard InChI is InChI=1S/C25H24ClN3O3/c1-17(2)29(16-23-27-28-25(32-23)20-10-6-7-11-21(20)26)24(30)15-13-19-12-14-22(31-19)18-8-4-3-5-9-18/h3-12,14,17H,13,15-16H2,1-2H3. The summed E-state index contributed by atoms with van der Waals surface area (Å²) in [5, 5.41) is 8.73. The average molecular weight is 450 g/mol. The molecule has 2 aromatic heterocycles. The second-order valence-electron chi connectivity index (χ2n) is 7.73. The lowest BCUT2D eigenvalue weighted by Gasteiger charge is -2.25. The van der Waals surface area contributed by atoms with Gasteiger partial charge in [-0.05, 0) is 38.1 Å². The van der Waals surface area contributed by atoms with Crippen LogP contribution in [0.3, 0.4) is 0 Å². The molecule has 0 atom stereocenters. The van der Waals surface area contributed by atoms with Crippen LogP contribution in [0.15, 0.2) is 75.6 Å². The van der Waals surface area contributed by atoms with Crippen LogP contribution in [-0.2, 0) is 17.8 Å². The van der Waals surface area contributed by atoms with Gasteiger partial charge in [0.15, 0.2) is 0 Å². The van der Waals surface area contributed by atoms with E-state index in [1.165, 1.54) is 0 Å². The summed E-state index contributed by atoms with van der Waals surface area (Å²) in [5.41, 5.74) is 1.68. The van der Waals surface area contributed by atoms with Crippen LogP contribution in [0.5, 0.6) is 0 Å². The number of hydrogen-bond donors (Lipinski definition) is 0. The predicted octanol–water partition coefficient (Wildman–Crippen LogP) is 6.02. The molecule has 7 heteroatoms. The van der Waals surface area contributed by atoms with Crippen LogP contribution < -0.4 is 0 Å². The van der Waals surface area contributed by atoms with E-state index in [0.717, 1.165) is 17.1 Å². The third-order valence-corrected chi connectivity index (χ3v) is 5.46. The highest BCUT2D eigenvalue weighted by atomic mass is 35.5. The molecule has 0 aliphatic rings. The molecule has 0 fully saturated rings. The molecule has 1 amide bonds. The SMILES string of the molecule is CC(C)N(Cc1nnc(-c2ccccc2Cl)o1)C(=O)CCc1ccc(-c2ccccc2)o1. The number of nitrogens with zero attached hydrogens (tertiary/aromatic N) is 3. The Labute approximate surface area is 191 Å². The maximum absolute atomic E-state index is 12.9. The van der Waals surface area contributed by atoms with Crippen molar-refractivity contribution in [2.45, 2.75) is 39.3 Å². The van der Waals surface area contributed by atoms with Crippen LogP contribution in [0.2, 0.25) is 5.02 Å². The van der Waals surface area contributed by atoms with Gasteiger partial charge in [0, 0.05) is 24.4 Å². The molecule has 6 nitrogen and oxygen atoms in total. The van der Waals surface area contributed by atoms with Crippen molar-refractivity contribution in [3.05, 3.63) is 83.4 Å². The fraction of sp³-hybridized carbons (Fsp3) is 0.240. The highest BCUT2D eigenvalue weighted by molar-refractivity contribution is 6.33. The molecule has 32 heavy (non-hydrogen) atoms. The Morgan fingerprint density at radius 2 is 1.72 bits per heavy atom. The Morgan fingerprint density at radius 1 is 0.969 bits per heavy atom. The van der Waals surface area contributed by atoms with Gasteiger partial charge in [-0.2, -0.15) is 0 Å². The molecule has 0 spiro atoms. The van der Waals surface area contributed by atoms with Gasteiger partial charge in [-0.15, -0.1) is 10.2 Å². The van der Waals surface area contributed by atoms with E-state index in [-0.39, 0.29) is 18.5 Å². The highest BCUT2D eigenvalue weighted by Gasteiger charge is 2.21. The normalized spacial score (nSPS) is 11.1. The first kappa shape index (κ1) is 21.8. The number of benzene rings is 2. The van der Waals surface area contributed by atoms with Crippen molar-refractivity contribution >= 4 is 17.5 Å². The minimum Gasteiger partial charge on any atom is -0.461 e. The van der Waals surface area contributed by atoms with Crippen LogP contribution >= 0.6 is 11.6 Å². The first-order valence-corrected chi connectivity index (χ1v) is 10.9. The van der Waals surface area contributed by atoms with Crippen molar-refractivity contribution in [2.24, 2.45) is 0 Å². The number of furan rings is 1. The van der Waals surface area contributed by atoms with E-state index >= 15 is 0 Å². The van der Waals surface area contributed by atoms with E-state index in [9.17, 15) is 4.79 Å². The molecular formula is C25H24ClN3O3. The zero-order valence-corrected chi connectivity index (χ0v) is 18.7. The van der Waals surface area contributed by atoms with Gasteiger partial charge in [-0.25, -0.2) is 0 Å². The number of aromatic nitrogens is 2. The fourth-order valence-corrected chi connectivity index (χ4v) is 3.63. The van der Waals surface area contributed by atoms with Crippen molar-refractivity contribution in [2.75, 3.05) is 0 Å². The quantitative estimate of drug-likeness (QED) is 0.329. The maximum atomic E-state index is 12.9. The molecular weight excluding hydrogens is 426 g/mol. The highest BCUT2D eigenvalue weighted by Crippen LogP contribution is 2.27.